The minimum Gasteiger partial charge on any atom is -0.480 e. The minimum atomic E-state index is -1.10. The number of thioether (sulfide) groups is 1. The van der Waals surface area contributed by atoms with Crippen molar-refractivity contribution < 1.29 is 19.4 Å². The maximum atomic E-state index is 11.6. The van der Waals surface area contributed by atoms with Gasteiger partial charge in [-0.15, -0.1) is 0 Å². The van der Waals surface area contributed by atoms with Crippen molar-refractivity contribution in [2.45, 2.75) is 30.1 Å². The number of hydrogen-bond donors (Lipinski definition) is 3. The number of carbonyl (C=O) groups is 2. The van der Waals surface area contributed by atoms with Gasteiger partial charge >= 0.3 is 12.0 Å². The molecule has 1 rings (SSSR count). The molecule has 1 aliphatic rings. The lowest BCUT2D eigenvalue weighted by Crippen LogP contribution is -2.52. The van der Waals surface area contributed by atoms with Crippen LogP contribution in [0.2, 0.25) is 0 Å². The molecule has 104 valence electrons. The molecule has 1 unspecified atom stereocenters. The summed E-state index contributed by atoms with van der Waals surface area (Å²) in [6.07, 6.45) is 5.40. The largest absolute Gasteiger partial charge is 0.480 e. The van der Waals surface area contributed by atoms with Gasteiger partial charge in [0.15, 0.2) is 6.04 Å². The van der Waals surface area contributed by atoms with Crippen molar-refractivity contribution >= 4 is 23.8 Å². The molecular formula is C11H20N2O4S. The molecule has 0 aromatic heterocycles. The molecule has 0 spiro atoms. The number of carbonyl (C=O) groups excluding carboxylic acids is 1. The normalized spacial score (nSPS) is 18.6. The van der Waals surface area contributed by atoms with E-state index in [0.717, 1.165) is 12.8 Å². The van der Waals surface area contributed by atoms with Crippen molar-refractivity contribution in [3.05, 3.63) is 0 Å². The average Bonchev–Trinajstić information content (AvgIpc) is 2.27. The van der Waals surface area contributed by atoms with Crippen molar-refractivity contribution in [1.29, 1.82) is 0 Å². The van der Waals surface area contributed by atoms with Gasteiger partial charge in [0, 0.05) is 18.4 Å². The van der Waals surface area contributed by atoms with Crippen molar-refractivity contribution in [2.24, 2.45) is 0 Å². The van der Waals surface area contributed by atoms with Crippen LogP contribution in [0.3, 0.4) is 0 Å². The molecule has 3 N–H and O–H groups in total. The molecule has 0 heterocycles. The van der Waals surface area contributed by atoms with Crippen molar-refractivity contribution in [1.82, 2.24) is 10.6 Å². The Kier molecular flexibility index (Phi) is 5.74. The fraction of sp³-hybridized carbons (Fsp3) is 0.818. The summed E-state index contributed by atoms with van der Waals surface area (Å²) in [5, 5.41) is 14.0. The van der Waals surface area contributed by atoms with Gasteiger partial charge in [0.1, 0.15) is 0 Å². The van der Waals surface area contributed by atoms with Gasteiger partial charge in [0.25, 0.3) is 0 Å². The first-order valence-electron chi connectivity index (χ1n) is 5.84. The van der Waals surface area contributed by atoms with Crippen molar-refractivity contribution in [2.75, 3.05) is 26.5 Å². The van der Waals surface area contributed by atoms with E-state index in [9.17, 15) is 9.59 Å². The van der Waals surface area contributed by atoms with Gasteiger partial charge in [-0.2, -0.15) is 11.8 Å². The third-order valence-electron chi connectivity index (χ3n) is 3.21. The fourth-order valence-electron chi connectivity index (χ4n) is 1.82. The lowest BCUT2D eigenvalue weighted by molar-refractivity contribution is -0.140. The van der Waals surface area contributed by atoms with E-state index in [1.54, 1.807) is 11.8 Å². The Morgan fingerprint density at radius 3 is 2.56 bits per heavy atom. The van der Waals surface area contributed by atoms with Crippen LogP contribution >= 0.6 is 11.8 Å². The molecule has 0 aromatic rings. The van der Waals surface area contributed by atoms with E-state index >= 15 is 0 Å². The van der Waals surface area contributed by atoms with Gasteiger partial charge in [-0.1, -0.05) is 6.42 Å². The highest BCUT2D eigenvalue weighted by Gasteiger charge is 2.36. The summed E-state index contributed by atoms with van der Waals surface area (Å²) in [6, 6.07) is -1.47. The van der Waals surface area contributed by atoms with Crippen LogP contribution in [0.5, 0.6) is 0 Å². The van der Waals surface area contributed by atoms with Gasteiger partial charge in [0.05, 0.1) is 6.61 Å². The number of aliphatic carboxylic acids is 1. The summed E-state index contributed by atoms with van der Waals surface area (Å²) in [6.45, 7) is 0.524. The number of carboxylic acids is 1. The standard InChI is InChI=1S/C11H20N2O4S/c1-17-6-8(9(14)15)13-10(16)12-7-11(18-2)4-3-5-11/h8H,3-7H2,1-2H3,(H,14,15)(H2,12,13,16). The van der Waals surface area contributed by atoms with Gasteiger partial charge in [-0.25, -0.2) is 9.59 Å². The lowest BCUT2D eigenvalue weighted by atomic mass is 9.84. The Hall–Kier alpha value is -0.950. The molecule has 18 heavy (non-hydrogen) atoms. The molecule has 1 atom stereocenters. The molecule has 0 aliphatic heterocycles. The van der Waals surface area contributed by atoms with Crippen LogP contribution in [0.25, 0.3) is 0 Å². The molecule has 6 nitrogen and oxygen atoms in total. The molecular weight excluding hydrogens is 256 g/mol. The summed E-state index contributed by atoms with van der Waals surface area (Å²) < 4.78 is 4.87. The third kappa shape index (κ3) is 4.06. The molecule has 0 saturated heterocycles. The summed E-state index contributed by atoms with van der Waals surface area (Å²) in [5.74, 6) is -1.10. The van der Waals surface area contributed by atoms with E-state index in [2.05, 4.69) is 10.6 Å². The highest BCUT2D eigenvalue weighted by atomic mass is 32.2. The smallest absolute Gasteiger partial charge is 0.328 e. The SMILES string of the molecule is COCC(NC(=O)NCC1(SC)CCC1)C(=O)O. The summed E-state index contributed by atoms with van der Waals surface area (Å²) in [4.78, 5) is 22.4. The quantitative estimate of drug-likeness (QED) is 0.636. The molecule has 2 amide bonds. The summed E-state index contributed by atoms with van der Waals surface area (Å²) >= 11 is 1.75. The molecule has 0 bridgehead atoms. The topological polar surface area (TPSA) is 87.7 Å². The zero-order chi connectivity index (χ0) is 13.6. The number of urea groups is 1. The maximum Gasteiger partial charge on any atom is 0.328 e. The van der Waals surface area contributed by atoms with Crippen LogP contribution < -0.4 is 10.6 Å². The Morgan fingerprint density at radius 2 is 2.17 bits per heavy atom. The van der Waals surface area contributed by atoms with Crippen LogP contribution in [-0.4, -0.2) is 54.4 Å². The predicted molar refractivity (Wildman–Crippen MR) is 69.9 cm³/mol. The summed E-state index contributed by atoms with van der Waals surface area (Å²) in [7, 11) is 1.40. The highest BCUT2D eigenvalue weighted by Crippen LogP contribution is 2.42. The van der Waals surface area contributed by atoms with Gasteiger partial charge in [-0.3, -0.25) is 0 Å². The van der Waals surface area contributed by atoms with Crippen LogP contribution in [0.15, 0.2) is 0 Å². The Labute approximate surface area is 111 Å². The number of amides is 2. The van der Waals surface area contributed by atoms with E-state index in [1.807, 2.05) is 6.26 Å². The van der Waals surface area contributed by atoms with Gasteiger partial charge in [-0.05, 0) is 19.1 Å². The lowest BCUT2D eigenvalue weighted by Gasteiger charge is -2.40. The van der Waals surface area contributed by atoms with Crippen LogP contribution in [0, 0.1) is 0 Å². The zero-order valence-corrected chi connectivity index (χ0v) is 11.5. The maximum absolute atomic E-state index is 11.6. The van der Waals surface area contributed by atoms with E-state index in [1.165, 1.54) is 13.5 Å². The van der Waals surface area contributed by atoms with Crippen LogP contribution in [-0.2, 0) is 9.53 Å². The first-order chi connectivity index (χ1) is 8.53. The second kappa shape index (κ2) is 6.84. The second-order valence-corrected chi connectivity index (χ2v) is 5.69. The van der Waals surface area contributed by atoms with Crippen LogP contribution in [0.4, 0.5) is 4.79 Å². The van der Waals surface area contributed by atoms with E-state index < -0.39 is 18.0 Å². The molecule has 7 heteroatoms. The fourth-order valence-corrected chi connectivity index (χ4v) is 2.73. The second-order valence-electron chi connectivity index (χ2n) is 4.41. The van der Waals surface area contributed by atoms with E-state index in [4.69, 9.17) is 9.84 Å². The number of nitrogens with one attached hydrogen (secondary N) is 2. The number of methoxy groups -OCH3 is 1. The minimum absolute atomic E-state index is 0.0452. The van der Waals surface area contributed by atoms with Crippen molar-refractivity contribution in [3.63, 3.8) is 0 Å². The number of ether oxygens (including phenoxy) is 1. The number of carboxylic acid groups (broad SMARTS) is 1. The molecule has 1 saturated carbocycles. The van der Waals surface area contributed by atoms with Gasteiger partial charge < -0.3 is 20.5 Å². The Bertz CT molecular complexity index is 302. The third-order valence-corrected chi connectivity index (χ3v) is 4.62. The first-order valence-corrected chi connectivity index (χ1v) is 7.07. The summed E-state index contributed by atoms with van der Waals surface area (Å²) in [5.41, 5.74) is 0. The Morgan fingerprint density at radius 1 is 1.50 bits per heavy atom. The first kappa shape index (κ1) is 15.1. The molecule has 1 aliphatic carbocycles. The van der Waals surface area contributed by atoms with Crippen LogP contribution in [0.1, 0.15) is 19.3 Å². The predicted octanol–water partition coefficient (Wildman–Crippen LogP) is 0.671. The van der Waals surface area contributed by atoms with Crippen molar-refractivity contribution in [3.8, 4) is 0 Å². The monoisotopic (exact) mass is 276 g/mol. The molecule has 0 aromatic carbocycles. The average molecular weight is 276 g/mol. The number of rotatable bonds is 7. The Balaban J connectivity index is 2.33. The van der Waals surface area contributed by atoms with Gasteiger partial charge in [0.2, 0.25) is 0 Å². The van der Waals surface area contributed by atoms with E-state index in [0.29, 0.717) is 6.54 Å². The molecule has 1 fully saturated rings. The zero-order valence-electron chi connectivity index (χ0n) is 10.7. The van der Waals surface area contributed by atoms with E-state index in [-0.39, 0.29) is 11.4 Å². The highest BCUT2D eigenvalue weighted by molar-refractivity contribution is 8.00. The number of hydrogen-bond acceptors (Lipinski definition) is 4. The molecule has 0 radical (unpaired) electrons.